The monoisotopic (exact) mass is 379 g/mol. The number of hydrogen-bond acceptors (Lipinski definition) is 2. The van der Waals surface area contributed by atoms with E-state index in [9.17, 15) is 0 Å². The van der Waals surface area contributed by atoms with Crippen molar-refractivity contribution in [3.63, 3.8) is 0 Å². The molecule has 0 aromatic heterocycles. The lowest BCUT2D eigenvalue weighted by Crippen LogP contribution is -2.24. The van der Waals surface area contributed by atoms with E-state index in [0.29, 0.717) is 10.1 Å². The second kappa shape index (κ2) is 9.13. The summed E-state index contributed by atoms with van der Waals surface area (Å²) in [4.78, 5) is 0. The SMILES string of the molecule is S=C(N/N=C\C(c1ccccc1)c1ccccc1)Nc1ccccc1Cl. The van der Waals surface area contributed by atoms with Gasteiger partial charge in [-0.3, -0.25) is 5.43 Å². The maximum atomic E-state index is 6.12. The van der Waals surface area contributed by atoms with Gasteiger partial charge in [0.15, 0.2) is 5.11 Å². The van der Waals surface area contributed by atoms with Gasteiger partial charge in [0, 0.05) is 12.1 Å². The Balaban J connectivity index is 1.71. The smallest absolute Gasteiger partial charge is 0.191 e. The van der Waals surface area contributed by atoms with Crippen molar-refractivity contribution in [2.75, 3.05) is 5.32 Å². The number of hydrazone groups is 1. The molecule has 0 aliphatic carbocycles. The van der Waals surface area contributed by atoms with Crippen molar-refractivity contribution in [1.29, 1.82) is 0 Å². The highest BCUT2D eigenvalue weighted by atomic mass is 35.5. The molecule has 5 heteroatoms. The molecule has 26 heavy (non-hydrogen) atoms. The Morgan fingerprint density at radius 1 is 0.846 bits per heavy atom. The fourth-order valence-electron chi connectivity index (χ4n) is 2.57. The highest BCUT2D eigenvalue weighted by Gasteiger charge is 2.11. The number of nitrogens with zero attached hydrogens (tertiary/aromatic N) is 1. The molecular weight excluding hydrogens is 362 g/mol. The summed E-state index contributed by atoms with van der Waals surface area (Å²) in [5.74, 6) is 0.0352. The molecule has 0 fully saturated rings. The van der Waals surface area contributed by atoms with E-state index in [1.165, 1.54) is 0 Å². The standard InChI is InChI=1S/C21H18ClN3S/c22-19-13-7-8-14-20(19)24-21(26)25-23-15-18(16-9-3-1-4-10-16)17-11-5-2-6-12-17/h1-15,18H,(H2,24,25,26)/b23-15-. The number of para-hydroxylation sites is 1. The Morgan fingerprint density at radius 2 is 1.38 bits per heavy atom. The van der Waals surface area contributed by atoms with E-state index >= 15 is 0 Å². The van der Waals surface area contributed by atoms with Crippen LogP contribution >= 0.6 is 23.8 Å². The predicted molar refractivity (Wildman–Crippen MR) is 114 cm³/mol. The fourth-order valence-corrected chi connectivity index (χ4v) is 2.91. The van der Waals surface area contributed by atoms with Gasteiger partial charge in [-0.05, 0) is 35.5 Å². The summed E-state index contributed by atoms with van der Waals surface area (Å²) in [7, 11) is 0. The Labute approximate surface area is 163 Å². The molecule has 3 rings (SSSR count). The first kappa shape index (κ1) is 18.1. The summed E-state index contributed by atoms with van der Waals surface area (Å²) >= 11 is 11.4. The highest BCUT2D eigenvalue weighted by Crippen LogP contribution is 2.22. The molecule has 0 bridgehead atoms. The normalized spacial score (nSPS) is 10.8. The van der Waals surface area contributed by atoms with Crippen molar-refractivity contribution >= 4 is 40.8 Å². The Kier molecular flexibility index (Phi) is 6.36. The van der Waals surface area contributed by atoms with Crippen molar-refractivity contribution in [1.82, 2.24) is 5.43 Å². The Bertz CT molecular complexity index is 843. The largest absolute Gasteiger partial charge is 0.330 e. The van der Waals surface area contributed by atoms with Crippen LogP contribution in [0.3, 0.4) is 0 Å². The van der Waals surface area contributed by atoms with Crippen molar-refractivity contribution in [3.05, 3.63) is 101 Å². The lowest BCUT2D eigenvalue weighted by molar-refractivity contribution is 1.01. The first-order chi connectivity index (χ1) is 12.7. The van der Waals surface area contributed by atoms with Gasteiger partial charge in [-0.2, -0.15) is 5.10 Å². The molecular formula is C21H18ClN3S. The minimum atomic E-state index is 0.0352. The van der Waals surface area contributed by atoms with E-state index in [1.807, 2.05) is 60.8 Å². The van der Waals surface area contributed by atoms with Crippen LogP contribution in [0.4, 0.5) is 5.69 Å². The topological polar surface area (TPSA) is 36.4 Å². The van der Waals surface area contributed by atoms with Gasteiger partial charge in [0.25, 0.3) is 0 Å². The summed E-state index contributed by atoms with van der Waals surface area (Å²) in [6, 6.07) is 27.9. The van der Waals surface area contributed by atoms with Crippen LogP contribution in [-0.2, 0) is 0 Å². The van der Waals surface area contributed by atoms with Crippen LogP contribution in [0, 0.1) is 0 Å². The minimum absolute atomic E-state index is 0.0352. The van der Waals surface area contributed by atoms with E-state index in [4.69, 9.17) is 23.8 Å². The van der Waals surface area contributed by atoms with E-state index in [-0.39, 0.29) is 5.92 Å². The highest BCUT2D eigenvalue weighted by molar-refractivity contribution is 7.80. The van der Waals surface area contributed by atoms with Gasteiger partial charge in [0.2, 0.25) is 0 Å². The lowest BCUT2D eigenvalue weighted by Gasteiger charge is -2.13. The zero-order chi connectivity index (χ0) is 18.2. The molecule has 2 N–H and O–H groups in total. The maximum Gasteiger partial charge on any atom is 0.191 e. The molecule has 0 amide bonds. The Hall–Kier alpha value is -2.69. The third kappa shape index (κ3) is 4.91. The van der Waals surface area contributed by atoms with Crippen LogP contribution in [0.15, 0.2) is 90.0 Å². The van der Waals surface area contributed by atoms with Crippen LogP contribution < -0.4 is 10.7 Å². The number of halogens is 1. The summed E-state index contributed by atoms with van der Waals surface area (Å²) in [6.45, 7) is 0. The third-order valence-corrected chi connectivity index (χ3v) is 4.35. The van der Waals surface area contributed by atoms with Crippen LogP contribution in [-0.4, -0.2) is 11.3 Å². The van der Waals surface area contributed by atoms with Gasteiger partial charge >= 0.3 is 0 Å². The molecule has 0 spiro atoms. The minimum Gasteiger partial charge on any atom is -0.330 e. The van der Waals surface area contributed by atoms with Crippen LogP contribution in [0.2, 0.25) is 5.02 Å². The van der Waals surface area contributed by atoms with Crippen LogP contribution in [0.5, 0.6) is 0 Å². The molecule has 3 aromatic rings. The molecule has 0 saturated heterocycles. The molecule has 0 aliphatic heterocycles. The van der Waals surface area contributed by atoms with Gasteiger partial charge in [-0.1, -0.05) is 84.4 Å². The zero-order valence-electron chi connectivity index (χ0n) is 14.0. The zero-order valence-corrected chi connectivity index (χ0v) is 15.5. The van der Waals surface area contributed by atoms with E-state index < -0.39 is 0 Å². The fraction of sp³-hybridized carbons (Fsp3) is 0.0476. The summed E-state index contributed by atoms with van der Waals surface area (Å²) in [6.07, 6.45) is 1.85. The average molecular weight is 380 g/mol. The van der Waals surface area contributed by atoms with Crippen molar-refractivity contribution < 1.29 is 0 Å². The number of benzene rings is 3. The second-order valence-corrected chi connectivity index (χ2v) is 6.44. The van der Waals surface area contributed by atoms with Gasteiger partial charge in [0.1, 0.15) is 0 Å². The maximum absolute atomic E-state index is 6.12. The first-order valence-electron chi connectivity index (χ1n) is 8.18. The lowest BCUT2D eigenvalue weighted by atomic mass is 9.92. The summed E-state index contributed by atoms with van der Waals surface area (Å²) in [5, 5.41) is 8.35. The average Bonchev–Trinajstić information content (AvgIpc) is 2.68. The quantitative estimate of drug-likeness (QED) is 0.352. The molecule has 130 valence electrons. The van der Waals surface area contributed by atoms with Crippen LogP contribution in [0.25, 0.3) is 0 Å². The molecule has 3 aromatic carbocycles. The molecule has 0 saturated carbocycles. The third-order valence-electron chi connectivity index (χ3n) is 3.83. The summed E-state index contributed by atoms with van der Waals surface area (Å²) < 4.78 is 0. The summed E-state index contributed by atoms with van der Waals surface area (Å²) in [5.41, 5.74) is 5.92. The first-order valence-corrected chi connectivity index (χ1v) is 8.97. The van der Waals surface area contributed by atoms with Gasteiger partial charge in [-0.15, -0.1) is 0 Å². The molecule has 0 atom stereocenters. The molecule has 3 nitrogen and oxygen atoms in total. The molecule has 0 aliphatic rings. The molecule has 0 radical (unpaired) electrons. The van der Waals surface area contributed by atoms with Crippen molar-refractivity contribution in [2.45, 2.75) is 5.92 Å². The number of thiocarbonyl (C=S) groups is 1. The Morgan fingerprint density at radius 3 is 1.96 bits per heavy atom. The van der Waals surface area contributed by atoms with Crippen LogP contribution in [0.1, 0.15) is 17.0 Å². The van der Waals surface area contributed by atoms with Crippen molar-refractivity contribution in [2.24, 2.45) is 5.10 Å². The second-order valence-electron chi connectivity index (χ2n) is 5.62. The number of anilines is 1. The van der Waals surface area contributed by atoms with E-state index in [2.05, 4.69) is 40.1 Å². The molecule has 0 unspecified atom stereocenters. The predicted octanol–water partition coefficient (Wildman–Crippen LogP) is 5.44. The van der Waals surface area contributed by atoms with E-state index in [1.54, 1.807) is 6.07 Å². The number of hydrogen-bond donors (Lipinski definition) is 2. The number of rotatable bonds is 5. The van der Waals surface area contributed by atoms with Gasteiger partial charge < -0.3 is 5.32 Å². The van der Waals surface area contributed by atoms with Gasteiger partial charge in [0.05, 0.1) is 10.7 Å². The van der Waals surface area contributed by atoms with E-state index in [0.717, 1.165) is 16.8 Å². The van der Waals surface area contributed by atoms with Crippen molar-refractivity contribution in [3.8, 4) is 0 Å². The number of nitrogens with one attached hydrogen (secondary N) is 2. The molecule has 0 heterocycles. The van der Waals surface area contributed by atoms with Gasteiger partial charge in [-0.25, -0.2) is 0 Å².